The van der Waals surface area contributed by atoms with Crippen molar-refractivity contribution in [3.8, 4) is 0 Å². The molecule has 0 saturated carbocycles. The van der Waals surface area contributed by atoms with Crippen LogP contribution in [0.5, 0.6) is 0 Å². The molecule has 0 aliphatic heterocycles. The maximum atomic E-state index is 13.4. The number of amides is 1. The van der Waals surface area contributed by atoms with Crippen molar-refractivity contribution in [2.45, 2.75) is 46.6 Å². The highest BCUT2D eigenvalue weighted by Crippen LogP contribution is 2.26. The molecule has 1 amide bonds. The number of rotatable bonds is 5. The molecule has 0 unspecified atom stereocenters. The second-order valence-corrected chi connectivity index (χ2v) is 7.23. The normalized spacial score (nSPS) is 11.9. The summed E-state index contributed by atoms with van der Waals surface area (Å²) in [7, 11) is 0. The van der Waals surface area contributed by atoms with E-state index in [9.17, 15) is 14.0 Å². The first kappa shape index (κ1) is 18.1. The van der Waals surface area contributed by atoms with Crippen LogP contribution in [0.25, 0.3) is 0 Å². The third-order valence-corrected chi connectivity index (χ3v) is 2.88. The highest BCUT2D eigenvalue weighted by Gasteiger charge is 2.27. The van der Waals surface area contributed by atoms with Crippen LogP contribution in [0.15, 0.2) is 24.3 Å². The zero-order valence-corrected chi connectivity index (χ0v) is 13.8. The van der Waals surface area contributed by atoms with E-state index in [2.05, 4.69) is 26.1 Å². The first-order valence-corrected chi connectivity index (χ1v) is 7.23. The molecule has 0 saturated heterocycles. The molecular weight excluding hydrogens is 285 g/mol. The monoisotopic (exact) mass is 309 g/mol. The molecule has 0 heterocycles. The molecule has 1 aromatic rings. The van der Waals surface area contributed by atoms with E-state index in [0.29, 0.717) is 0 Å². The third-order valence-electron chi connectivity index (χ3n) is 2.88. The molecule has 0 spiro atoms. The number of hydrogen-bond acceptors (Lipinski definition) is 3. The molecule has 0 aliphatic carbocycles. The number of hydrogen-bond donors (Lipinski definition) is 1. The quantitative estimate of drug-likeness (QED) is 0.849. The molecule has 0 radical (unpaired) electrons. The van der Waals surface area contributed by atoms with Gasteiger partial charge in [-0.25, -0.2) is 9.18 Å². The zero-order chi connectivity index (χ0) is 17.0. The van der Waals surface area contributed by atoms with Gasteiger partial charge in [0, 0.05) is 5.54 Å². The van der Waals surface area contributed by atoms with Crippen LogP contribution in [0, 0.1) is 11.2 Å². The topological polar surface area (TPSA) is 55.4 Å². The highest BCUT2D eigenvalue weighted by atomic mass is 19.1. The van der Waals surface area contributed by atoms with Gasteiger partial charge in [0.15, 0.2) is 6.61 Å². The maximum absolute atomic E-state index is 13.4. The summed E-state index contributed by atoms with van der Waals surface area (Å²) in [6, 6.07) is 5.50. The van der Waals surface area contributed by atoms with Crippen LogP contribution in [-0.4, -0.2) is 24.0 Å². The molecule has 0 aliphatic rings. The number of carbonyl (C=O) groups excluding carboxylic acids is 2. The Morgan fingerprint density at radius 2 is 1.73 bits per heavy atom. The lowest BCUT2D eigenvalue weighted by molar-refractivity contribution is -0.126. The Hall–Kier alpha value is -1.91. The Balaban J connectivity index is 2.53. The third kappa shape index (κ3) is 6.24. The van der Waals surface area contributed by atoms with Crippen molar-refractivity contribution in [1.29, 1.82) is 0 Å². The minimum atomic E-state index is -0.845. The molecule has 0 bridgehead atoms. The molecule has 122 valence electrons. The summed E-state index contributed by atoms with van der Waals surface area (Å²) in [5.74, 6) is -1.92. The number of carbonyl (C=O) groups is 2. The predicted molar refractivity (Wildman–Crippen MR) is 83.0 cm³/mol. The van der Waals surface area contributed by atoms with Gasteiger partial charge in [-0.3, -0.25) is 4.79 Å². The van der Waals surface area contributed by atoms with Crippen LogP contribution in [0.1, 0.15) is 51.4 Å². The minimum absolute atomic E-state index is 0.0562. The summed E-state index contributed by atoms with van der Waals surface area (Å²) in [5.41, 5.74) is -0.537. The highest BCUT2D eigenvalue weighted by molar-refractivity contribution is 5.91. The number of ether oxygens (including phenoxy) is 1. The lowest BCUT2D eigenvalue weighted by Gasteiger charge is -2.33. The fourth-order valence-corrected chi connectivity index (χ4v) is 2.62. The summed E-state index contributed by atoms with van der Waals surface area (Å²) < 4.78 is 18.3. The van der Waals surface area contributed by atoms with Crippen LogP contribution in [0.2, 0.25) is 0 Å². The molecule has 4 nitrogen and oxygen atoms in total. The fourth-order valence-electron chi connectivity index (χ4n) is 2.62. The molecule has 0 aromatic heterocycles. The van der Waals surface area contributed by atoms with Crippen molar-refractivity contribution < 1.29 is 18.7 Å². The van der Waals surface area contributed by atoms with Crippen molar-refractivity contribution in [2.24, 2.45) is 5.41 Å². The Morgan fingerprint density at radius 3 is 2.27 bits per heavy atom. The van der Waals surface area contributed by atoms with Crippen molar-refractivity contribution in [2.75, 3.05) is 6.61 Å². The number of halogens is 1. The van der Waals surface area contributed by atoms with Crippen molar-refractivity contribution in [3.63, 3.8) is 0 Å². The molecule has 1 rings (SSSR count). The zero-order valence-electron chi connectivity index (χ0n) is 13.8. The van der Waals surface area contributed by atoms with Crippen molar-refractivity contribution in [1.82, 2.24) is 5.32 Å². The summed E-state index contributed by atoms with van der Waals surface area (Å²) in [4.78, 5) is 23.6. The van der Waals surface area contributed by atoms with E-state index < -0.39 is 29.8 Å². The van der Waals surface area contributed by atoms with Gasteiger partial charge in [-0.15, -0.1) is 0 Å². The van der Waals surface area contributed by atoms with E-state index in [1.165, 1.54) is 24.3 Å². The SMILES string of the molecule is CC(C)(C)CC(C)(C)NC(=O)COC(=O)c1ccccc1F. The average molecular weight is 309 g/mol. The van der Waals surface area contributed by atoms with Gasteiger partial charge in [0.2, 0.25) is 0 Å². The number of esters is 1. The van der Waals surface area contributed by atoms with Crippen LogP contribution >= 0.6 is 0 Å². The van der Waals surface area contributed by atoms with Gasteiger partial charge in [-0.1, -0.05) is 32.9 Å². The van der Waals surface area contributed by atoms with E-state index in [1.54, 1.807) is 0 Å². The van der Waals surface area contributed by atoms with Crippen LogP contribution in [-0.2, 0) is 9.53 Å². The first-order valence-electron chi connectivity index (χ1n) is 7.23. The largest absolute Gasteiger partial charge is 0.452 e. The molecule has 0 fully saturated rings. The van der Waals surface area contributed by atoms with Crippen LogP contribution < -0.4 is 5.32 Å². The Kier molecular flexibility index (Phi) is 5.69. The Morgan fingerprint density at radius 1 is 1.14 bits per heavy atom. The predicted octanol–water partition coefficient (Wildman–Crippen LogP) is 3.31. The Labute approximate surface area is 131 Å². The van der Waals surface area contributed by atoms with E-state index in [1.807, 2.05) is 13.8 Å². The maximum Gasteiger partial charge on any atom is 0.341 e. The van der Waals surface area contributed by atoms with Gasteiger partial charge in [-0.05, 0) is 37.8 Å². The summed E-state index contributed by atoms with van der Waals surface area (Å²) in [6.07, 6.45) is 0.771. The molecule has 0 atom stereocenters. The van der Waals surface area contributed by atoms with E-state index >= 15 is 0 Å². The van der Waals surface area contributed by atoms with E-state index in [0.717, 1.165) is 6.42 Å². The van der Waals surface area contributed by atoms with E-state index in [-0.39, 0.29) is 11.0 Å². The molecule has 1 aromatic carbocycles. The van der Waals surface area contributed by atoms with Gasteiger partial charge < -0.3 is 10.1 Å². The summed E-state index contributed by atoms with van der Waals surface area (Å²) >= 11 is 0. The number of benzene rings is 1. The molecule has 5 heteroatoms. The molecule has 22 heavy (non-hydrogen) atoms. The summed E-state index contributed by atoms with van der Waals surface area (Å²) in [6.45, 7) is 9.64. The second-order valence-electron chi connectivity index (χ2n) is 7.23. The Bertz CT molecular complexity index is 547. The second kappa shape index (κ2) is 6.90. The van der Waals surface area contributed by atoms with Gasteiger partial charge in [0.1, 0.15) is 5.82 Å². The fraction of sp³-hybridized carbons (Fsp3) is 0.529. The van der Waals surface area contributed by atoms with Crippen molar-refractivity contribution in [3.05, 3.63) is 35.6 Å². The smallest absolute Gasteiger partial charge is 0.341 e. The van der Waals surface area contributed by atoms with Gasteiger partial charge in [0.25, 0.3) is 5.91 Å². The van der Waals surface area contributed by atoms with Crippen LogP contribution in [0.3, 0.4) is 0 Å². The van der Waals surface area contributed by atoms with Gasteiger partial charge >= 0.3 is 5.97 Å². The van der Waals surface area contributed by atoms with Crippen molar-refractivity contribution >= 4 is 11.9 Å². The van der Waals surface area contributed by atoms with Gasteiger partial charge in [0.05, 0.1) is 5.56 Å². The lowest BCUT2D eigenvalue weighted by Crippen LogP contribution is -2.47. The van der Waals surface area contributed by atoms with Gasteiger partial charge in [-0.2, -0.15) is 0 Å². The number of nitrogens with one attached hydrogen (secondary N) is 1. The van der Waals surface area contributed by atoms with Crippen LogP contribution in [0.4, 0.5) is 4.39 Å². The standard InChI is InChI=1S/C17H24FNO3/c1-16(2,3)11-17(4,5)19-14(20)10-22-15(21)12-8-6-7-9-13(12)18/h6-9H,10-11H2,1-5H3,(H,19,20). The summed E-state index contributed by atoms with van der Waals surface area (Å²) in [5, 5.41) is 2.82. The molecular formula is C17H24FNO3. The molecule has 1 N–H and O–H groups in total. The first-order chi connectivity index (χ1) is 10.0. The minimum Gasteiger partial charge on any atom is -0.452 e. The van der Waals surface area contributed by atoms with E-state index in [4.69, 9.17) is 4.74 Å². The lowest BCUT2D eigenvalue weighted by atomic mass is 9.82. The average Bonchev–Trinajstić information content (AvgIpc) is 2.32.